The van der Waals surface area contributed by atoms with Gasteiger partial charge < -0.3 is 4.90 Å². The number of fused-ring (bicyclic) bond motifs is 1. The van der Waals surface area contributed by atoms with Crippen molar-refractivity contribution in [3.63, 3.8) is 0 Å². The third-order valence-electron chi connectivity index (χ3n) is 5.68. The number of hydrogen-bond donors (Lipinski definition) is 0. The Balaban J connectivity index is 1.46. The summed E-state index contributed by atoms with van der Waals surface area (Å²) in [5.41, 5.74) is 2.14. The lowest BCUT2D eigenvalue weighted by molar-refractivity contribution is -0.131. The van der Waals surface area contributed by atoms with Gasteiger partial charge in [0.05, 0.1) is 12.7 Å². The lowest BCUT2D eigenvalue weighted by atomic mass is 9.94. The highest BCUT2D eigenvalue weighted by Crippen LogP contribution is 2.27. The third-order valence-corrected chi connectivity index (χ3v) is 5.68. The second kappa shape index (κ2) is 7.74. The van der Waals surface area contributed by atoms with E-state index in [1.165, 1.54) is 0 Å². The van der Waals surface area contributed by atoms with E-state index in [2.05, 4.69) is 29.1 Å². The van der Waals surface area contributed by atoms with Crippen molar-refractivity contribution in [2.45, 2.75) is 51.5 Å². The number of nitrogens with zero attached hydrogens (tertiary/aromatic N) is 5. The Hall–Kier alpha value is -1.95. The molecule has 140 valence electrons. The first-order valence-electron chi connectivity index (χ1n) is 10.1. The quantitative estimate of drug-likeness (QED) is 0.827. The van der Waals surface area contributed by atoms with E-state index in [4.69, 9.17) is 4.98 Å². The second-order valence-electron chi connectivity index (χ2n) is 7.68. The average molecular weight is 355 g/mol. The Bertz CT molecular complexity index is 765. The number of amides is 1. The van der Waals surface area contributed by atoms with Crippen molar-refractivity contribution in [2.75, 3.05) is 32.7 Å². The number of carbonyl (C=O) groups excluding carboxylic acids is 1. The second-order valence-corrected chi connectivity index (χ2v) is 7.68. The minimum Gasteiger partial charge on any atom is -0.342 e. The van der Waals surface area contributed by atoms with Crippen molar-refractivity contribution >= 4 is 16.9 Å². The van der Waals surface area contributed by atoms with Gasteiger partial charge in [-0.25, -0.2) is 9.67 Å². The molecule has 2 aromatic rings. The first kappa shape index (κ1) is 17.5. The Morgan fingerprint density at radius 1 is 1.19 bits per heavy atom. The average Bonchev–Trinajstić information content (AvgIpc) is 3.32. The molecule has 0 bridgehead atoms. The molecule has 2 aromatic heterocycles. The van der Waals surface area contributed by atoms with Crippen LogP contribution in [0.3, 0.4) is 0 Å². The van der Waals surface area contributed by atoms with E-state index in [0.29, 0.717) is 18.4 Å². The van der Waals surface area contributed by atoms with Gasteiger partial charge in [0.25, 0.3) is 0 Å². The van der Waals surface area contributed by atoms with E-state index in [-0.39, 0.29) is 0 Å². The largest absolute Gasteiger partial charge is 0.342 e. The highest BCUT2D eigenvalue weighted by Gasteiger charge is 2.26. The van der Waals surface area contributed by atoms with Crippen molar-refractivity contribution in [3.8, 4) is 0 Å². The Morgan fingerprint density at radius 2 is 2.04 bits per heavy atom. The Kier molecular flexibility index (Phi) is 5.20. The summed E-state index contributed by atoms with van der Waals surface area (Å²) in [6.45, 7) is 7.46. The van der Waals surface area contributed by atoms with Crippen molar-refractivity contribution in [3.05, 3.63) is 24.0 Å². The molecule has 4 rings (SSSR count). The van der Waals surface area contributed by atoms with Gasteiger partial charge in [-0.05, 0) is 50.8 Å². The van der Waals surface area contributed by atoms with Gasteiger partial charge in [0, 0.05) is 43.2 Å². The topological polar surface area (TPSA) is 54.3 Å². The van der Waals surface area contributed by atoms with Gasteiger partial charge in [-0.3, -0.25) is 9.69 Å². The minimum atomic E-state index is 0.299. The molecule has 0 aliphatic carbocycles. The third kappa shape index (κ3) is 3.61. The lowest BCUT2D eigenvalue weighted by Gasteiger charge is -2.33. The van der Waals surface area contributed by atoms with Crippen molar-refractivity contribution in [1.29, 1.82) is 0 Å². The highest BCUT2D eigenvalue weighted by atomic mass is 16.2. The summed E-state index contributed by atoms with van der Waals surface area (Å²) in [5.74, 6) is 0.706. The number of piperidine rings is 1. The monoisotopic (exact) mass is 355 g/mol. The van der Waals surface area contributed by atoms with Crippen LogP contribution >= 0.6 is 0 Å². The zero-order chi connectivity index (χ0) is 17.9. The van der Waals surface area contributed by atoms with Gasteiger partial charge >= 0.3 is 0 Å². The molecule has 4 heterocycles. The molecule has 6 heteroatoms. The fraction of sp³-hybridized carbons (Fsp3) is 0.650. The van der Waals surface area contributed by atoms with Crippen LogP contribution in [-0.4, -0.2) is 63.2 Å². The van der Waals surface area contributed by atoms with E-state index in [1.54, 1.807) is 0 Å². The van der Waals surface area contributed by atoms with E-state index in [9.17, 15) is 4.79 Å². The fourth-order valence-electron chi connectivity index (χ4n) is 4.27. The van der Waals surface area contributed by atoms with Crippen LogP contribution in [0, 0.1) is 0 Å². The van der Waals surface area contributed by atoms with Gasteiger partial charge in [0.1, 0.15) is 0 Å². The molecule has 2 aliphatic heterocycles. The normalized spacial score (nSPS) is 21.6. The molecule has 1 atom stereocenters. The fourth-order valence-corrected chi connectivity index (χ4v) is 4.27. The van der Waals surface area contributed by atoms with Crippen LogP contribution in [0.2, 0.25) is 0 Å². The zero-order valence-electron chi connectivity index (χ0n) is 15.7. The highest BCUT2D eigenvalue weighted by molar-refractivity contribution is 5.78. The molecule has 0 N–H and O–H groups in total. The Labute approximate surface area is 155 Å². The molecular weight excluding hydrogens is 326 g/mol. The SMILES string of the molecule is CCCn1ncc2ccc([C@H]3CCCN(CC(=O)N4CCCC4)C3)nc21. The summed E-state index contributed by atoms with van der Waals surface area (Å²) < 4.78 is 2.01. The number of pyridine rings is 1. The van der Waals surface area contributed by atoms with E-state index in [0.717, 1.165) is 81.6 Å². The molecule has 0 spiro atoms. The molecule has 2 aliphatic rings. The van der Waals surface area contributed by atoms with Crippen LogP contribution in [0.15, 0.2) is 18.3 Å². The van der Waals surface area contributed by atoms with Crippen LogP contribution in [0.5, 0.6) is 0 Å². The summed E-state index contributed by atoms with van der Waals surface area (Å²) in [6, 6.07) is 4.29. The Morgan fingerprint density at radius 3 is 2.85 bits per heavy atom. The van der Waals surface area contributed by atoms with Crippen LogP contribution < -0.4 is 0 Å². The molecule has 6 nitrogen and oxygen atoms in total. The van der Waals surface area contributed by atoms with Crippen molar-refractivity contribution < 1.29 is 4.79 Å². The number of aromatic nitrogens is 3. The number of hydrogen-bond acceptors (Lipinski definition) is 4. The maximum Gasteiger partial charge on any atom is 0.236 e. The van der Waals surface area contributed by atoms with Crippen molar-refractivity contribution in [2.24, 2.45) is 0 Å². The van der Waals surface area contributed by atoms with Crippen LogP contribution in [-0.2, 0) is 11.3 Å². The molecular formula is C20H29N5O. The zero-order valence-corrected chi connectivity index (χ0v) is 15.7. The van der Waals surface area contributed by atoms with E-state index < -0.39 is 0 Å². The van der Waals surface area contributed by atoms with Gasteiger partial charge in [0.2, 0.25) is 5.91 Å². The number of aryl methyl sites for hydroxylation is 1. The number of rotatable bonds is 5. The first-order valence-corrected chi connectivity index (χ1v) is 10.1. The first-order chi connectivity index (χ1) is 12.7. The molecule has 0 radical (unpaired) electrons. The predicted octanol–water partition coefficient (Wildman–Crippen LogP) is 2.64. The van der Waals surface area contributed by atoms with Crippen LogP contribution in [0.1, 0.15) is 50.6 Å². The molecule has 0 unspecified atom stereocenters. The van der Waals surface area contributed by atoms with Gasteiger partial charge in [-0.15, -0.1) is 0 Å². The van der Waals surface area contributed by atoms with Gasteiger partial charge in [0.15, 0.2) is 5.65 Å². The maximum absolute atomic E-state index is 12.5. The summed E-state index contributed by atoms with van der Waals surface area (Å²) in [6.07, 6.45) is 7.55. The minimum absolute atomic E-state index is 0.299. The summed E-state index contributed by atoms with van der Waals surface area (Å²) >= 11 is 0. The smallest absolute Gasteiger partial charge is 0.236 e. The van der Waals surface area contributed by atoms with E-state index in [1.807, 2.05) is 15.8 Å². The summed E-state index contributed by atoms with van der Waals surface area (Å²) in [5, 5.41) is 5.57. The van der Waals surface area contributed by atoms with Crippen LogP contribution in [0.25, 0.3) is 11.0 Å². The van der Waals surface area contributed by atoms with Crippen LogP contribution in [0.4, 0.5) is 0 Å². The standard InChI is InChI=1S/C20H29N5O/c1-2-9-25-20-16(13-21-25)7-8-18(22-20)17-6-5-10-23(14-17)15-19(26)24-11-3-4-12-24/h7-8,13,17H,2-6,9-12,14-15H2,1H3/t17-/m0/s1. The number of carbonyl (C=O) groups is 1. The summed E-state index contributed by atoms with van der Waals surface area (Å²) in [7, 11) is 0. The number of likely N-dealkylation sites (tertiary alicyclic amines) is 2. The van der Waals surface area contributed by atoms with Gasteiger partial charge in [-0.1, -0.05) is 6.92 Å². The molecule has 0 aromatic carbocycles. The molecule has 1 amide bonds. The molecule has 0 saturated carbocycles. The van der Waals surface area contributed by atoms with E-state index >= 15 is 0 Å². The maximum atomic E-state index is 12.5. The summed E-state index contributed by atoms with van der Waals surface area (Å²) in [4.78, 5) is 21.8. The molecule has 2 fully saturated rings. The lowest BCUT2D eigenvalue weighted by Crippen LogP contribution is -2.43. The predicted molar refractivity (Wildman–Crippen MR) is 102 cm³/mol. The van der Waals surface area contributed by atoms with Gasteiger partial charge in [-0.2, -0.15) is 5.10 Å². The molecule has 26 heavy (non-hydrogen) atoms. The van der Waals surface area contributed by atoms with Crippen molar-refractivity contribution in [1.82, 2.24) is 24.6 Å². The molecule has 2 saturated heterocycles.